The van der Waals surface area contributed by atoms with Crippen molar-refractivity contribution < 1.29 is 0 Å². The van der Waals surface area contributed by atoms with E-state index in [1.807, 2.05) is 6.92 Å². The molecule has 0 atom stereocenters. The van der Waals surface area contributed by atoms with Gasteiger partial charge in [0.2, 0.25) is 0 Å². The van der Waals surface area contributed by atoms with E-state index in [0.717, 1.165) is 18.5 Å². The number of nitrogens with two attached hydrogens (primary N) is 1. The van der Waals surface area contributed by atoms with Crippen LogP contribution in [-0.4, -0.2) is 9.78 Å². The Bertz CT molecular complexity index is 631. The highest BCUT2D eigenvalue weighted by molar-refractivity contribution is 6.42. The average molecular weight is 286 g/mol. The highest BCUT2D eigenvalue weighted by Gasteiger charge is 2.12. The summed E-state index contributed by atoms with van der Waals surface area (Å²) in [7, 11) is 0. The summed E-state index contributed by atoms with van der Waals surface area (Å²) in [6.45, 7) is 2.02. The van der Waals surface area contributed by atoms with E-state index in [2.05, 4.69) is 5.10 Å². The average Bonchev–Trinajstić information content (AvgIpc) is 2.62. The van der Waals surface area contributed by atoms with E-state index in [1.165, 1.54) is 4.68 Å². The number of benzene rings is 1. The van der Waals surface area contributed by atoms with Crippen molar-refractivity contribution in [1.29, 1.82) is 0 Å². The van der Waals surface area contributed by atoms with Crippen LogP contribution in [0.4, 0.5) is 5.69 Å². The summed E-state index contributed by atoms with van der Waals surface area (Å²) in [6, 6.07) is 4.97. The Morgan fingerprint density at radius 2 is 2.06 bits per heavy atom. The van der Waals surface area contributed by atoms with Gasteiger partial charge in [0.25, 0.3) is 5.56 Å². The van der Waals surface area contributed by atoms with Gasteiger partial charge in [-0.15, -0.1) is 0 Å². The molecule has 1 aromatic carbocycles. The molecule has 3 N–H and O–H groups in total. The minimum absolute atomic E-state index is 0.253. The standard InChI is InChI=1S/C12H13Cl2N3O/c1-2-3-10-11(15)12(18)17(16-10)7-4-5-8(13)9(14)6-7/h4-6,16H,2-3,15H2,1H3. The number of halogens is 2. The lowest BCUT2D eigenvalue weighted by Gasteiger charge is -2.03. The Hall–Kier alpha value is -1.39. The summed E-state index contributed by atoms with van der Waals surface area (Å²) in [4.78, 5) is 12.0. The first-order chi connectivity index (χ1) is 8.54. The zero-order chi connectivity index (χ0) is 13.3. The molecule has 0 spiro atoms. The summed E-state index contributed by atoms with van der Waals surface area (Å²) in [5, 5.41) is 3.83. The molecular formula is C12H13Cl2N3O. The van der Waals surface area contributed by atoms with Gasteiger partial charge < -0.3 is 5.73 Å². The van der Waals surface area contributed by atoms with Gasteiger partial charge in [0, 0.05) is 0 Å². The number of hydrogen-bond acceptors (Lipinski definition) is 2. The lowest BCUT2D eigenvalue weighted by atomic mass is 10.2. The molecule has 0 bridgehead atoms. The van der Waals surface area contributed by atoms with Crippen molar-refractivity contribution in [2.45, 2.75) is 19.8 Å². The smallest absolute Gasteiger partial charge is 0.294 e. The third-order valence-corrected chi connectivity index (χ3v) is 3.41. The van der Waals surface area contributed by atoms with E-state index in [4.69, 9.17) is 28.9 Å². The largest absolute Gasteiger partial charge is 0.393 e. The van der Waals surface area contributed by atoms with Crippen molar-refractivity contribution in [2.75, 3.05) is 5.73 Å². The first-order valence-electron chi connectivity index (χ1n) is 5.59. The van der Waals surface area contributed by atoms with Crippen molar-refractivity contribution in [1.82, 2.24) is 9.78 Å². The van der Waals surface area contributed by atoms with E-state index < -0.39 is 0 Å². The fourth-order valence-electron chi connectivity index (χ4n) is 1.74. The van der Waals surface area contributed by atoms with Gasteiger partial charge in [-0.25, -0.2) is 4.68 Å². The number of nitrogens with zero attached hydrogens (tertiary/aromatic N) is 1. The van der Waals surface area contributed by atoms with Gasteiger partial charge in [0.1, 0.15) is 5.69 Å². The lowest BCUT2D eigenvalue weighted by Crippen LogP contribution is -2.16. The van der Waals surface area contributed by atoms with Crippen LogP contribution in [0, 0.1) is 0 Å². The summed E-state index contributed by atoms with van der Waals surface area (Å²) >= 11 is 11.8. The van der Waals surface area contributed by atoms with Crippen LogP contribution >= 0.6 is 23.2 Å². The topological polar surface area (TPSA) is 63.8 Å². The van der Waals surface area contributed by atoms with Crippen molar-refractivity contribution in [3.63, 3.8) is 0 Å². The van der Waals surface area contributed by atoms with Crippen molar-refractivity contribution in [3.05, 3.63) is 44.3 Å². The summed E-state index contributed by atoms with van der Waals surface area (Å²) in [5.74, 6) is 0. The van der Waals surface area contributed by atoms with Crippen LogP contribution in [0.1, 0.15) is 19.0 Å². The zero-order valence-corrected chi connectivity index (χ0v) is 11.3. The van der Waals surface area contributed by atoms with Gasteiger partial charge in [0.15, 0.2) is 0 Å². The van der Waals surface area contributed by atoms with Crippen LogP contribution in [0.15, 0.2) is 23.0 Å². The van der Waals surface area contributed by atoms with E-state index in [-0.39, 0.29) is 11.2 Å². The molecule has 2 rings (SSSR count). The number of aryl methyl sites for hydroxylation is 1. The third kappa shape index (κ3) is 2.26. The molecule has 96 valence electrons. The van der Waals surface area contributed by atoms with Gasteiger partial charge >= 0.3 is 0 Å². The van der Waals surface area contributed by atoms with Gasteiger partial charge in [-0.1, -0.05) is 36.5 Å². The number of aromatic nitrogens is 2. The minimum Gasteiger partial charge on any atom is -0.393 e. The minimum atomic E-state index is -0.267. The zero-order valence-electron chi connectivity index (χ0n) is 9.84. The highest BCUT2D eigenvalue weighted by atomic mass is 35.5. The maximum atomic E-state index is 12.0. The Morgan fingerprint density at radius 1 is 1.33 bits per heavy atom. The second kappa shape index (κ2) is 5.08. The monoisotopic (exact) mass is 285 g/mol. The number of nitrogen functional groups attached to an aromatic ring is 1. The third-order valence-electron chi connectivity index (χ3n) is 2.67. The molecule has 1 aromatic heterocycles. The second-order valence-electron chi connectivity index (χ2n) is 3.99. The van der Waals surface area contributed by atoms with Crippen LogP contribution < -0.4 is 11.3 Å². The molecule has 0 saturated carbocycles. The number of aromatic amines is 1. The second-order valence-corrected chi connectivity index (χ2v) is 4.81. The lowest BCUT2D eigenvalue weighted by molar-refractivity contribution is 0.794. The Balaban J connectivity index is 2.54. The summed E-state index contributed by atoms with van der Waals surface area (Å²) in [5.41, 5.74) is 7.12. The van der Waals surface area contributed by atoms with Crippen molar-refractivity contribution in [2.24, 2.45) is 0 Å². The summed E-state index contributed by atoms with van der Waals surface area (Å²) < 4.78 is 1.38. The number of hydrogen-bond donors (Lipinski definition) is 2. The molecule has 0 radical (unpaired) electrons. The molecule has 0 aliphatic heterocycles. The first-order valence-corrected chi connectivity index (χ1v) is 6.35. The first kappa shape index (κ1) is 13.1. The number of H-pyrrole nitrogens is 1. The van der Waals surface area contributed by atoms with Crippen LogP contribution in [0.25, 0.3) is 5.69 Å². The fraction of sp³-hybridized carbons (Fsp3) is 0.250. The normalized spacial score (nSPS) is 10.8. The van der Waals surface area contributed by atoms with E-state index >= 15 is 0 Å². The van der Waals surface area contributed by atoms with Crippen LogP contribution in [0.2, 0.25) is 10.0 Å². The Labute approximate surface area is 114 Å². The SMILES string of the molecule is CCCc1[nH]n(-c2ccc(Cl)c(Cl)c2)c(=O)c1N. The number of rotatable bonds is 3. The molecule has 4 nitrogen and oxygen atoms in total. The molecule has 0 amide bonds. The maximum absolute atomic E-state index is 12.0. The quantitative estimate of drug-likeness (QED) is 0.911. The number of nitrogens with one attached hydrogen (secondary N) is 1. The molecule has 0 aliphatic rings. The van der Waals surface area contributed by atoms with Crippen molar-refractivity contribution >= 4 is 28.9 Å². The van der Waals surface area contributed by atoms with E-state index in [1.54, 1.807) is 18.2 Å². The summed E-state index contributed by atoms with van der Waals surface area (Å²) in [6.07, 6.45) is 1.64. The van der Waals surface area contributed by atoms with Crippen molar-refractivity contribution in [3.8, 4) is 5.69 Å². The van der Waals surface area contributed by atoms with Gasteiger partial charge in [-0.05, 0) is 24.6 Å². The van der Waals surface area contributed by atoms with E-state index in [9.17, 15) is 4.79 Å². The molecular weight excluding hydrogens is 273 g/mol. The Kier molecular flexibility index (Phi) is 3.68. The van der Waals surface area contributed by atoms with Crippen LogP contribution in [0.3, 0.4) is 0 Å². The molecule has 18 heavy (non-hydrogen) atoms. The molecule has 1 heterocycles. The van der Waals surface area contributed by atoms with Gasteiger partial charge in [-0.3, -0.25) is 9.89 Å². The Morgan fingerprint density at radius 3 is 2.67 bits per heavy atom. The molecule has 0 unspecified atom stereocenters. The predicted molar refractivity (Wildman–Crippen MR) is 74.8 cm³/mol. The molecule has 0 saturated heterocycles. The fourth-order valence-corrected chi connectivity index (χ4v) is 2.03. The van der Waals surface area contributed by atoms with Crippen LogP contribution in [-0.2, 0) is 6.42 Å². The molecule has 6 heteroatoms. The number of anilines is 1. The van der Waals surface area contributed by atoms with Gasteiger partial charge in [-0.2, -0.15) is 0 Å². The highest BCUT2D eigenvalue weighted by Crippen LogP contribution is 2.24. The van der Waals surface area contributed by atoms with Gasteiger partial charge in [0.05, 0.1) is 21.4 Å². The van der Waals surface area contributed by atoms with Crippen LogP contribution in [0.5, 0.6) is 0 Å². The maximum Gasteiger partial charge on any atom is 0.294 e. The predicted octanol–water partition coefficient (Wildman–Crippen LogP) is 3.01. The molecule has 0 aliphatic carbocycles. The molecule has 2 aromatic rings. The molecule has 0 fully saturated rings. The van der Waals surface area contributed by atoms with E-state index in [0.29, 0.717) is 15.7 Å².